The van der Waals surface area contributed by atoms with Crippen molar-refractivity contribution in [3.8, 4) is 11.3 Å². The van der Waals surface area contributed by atoms with Crippen LogP contribution in [0.15, 0.2) is 48.5 Å². The van der Waals surface area contributed by atoms with E-state index in [1.807, 2.05) is 24.3 Å². The van der Waals surface area contributed by atoms with Gasteiger partial charge >= 0.3 is 6.03 Å². The molecule has 24 heavy (non-hydrogen) atoms. The number of fused-ring (bicyclic) bond motifs is 1. The lowest BCUT2D eigenvalue weighted by Gasteiger charge is -2.06. The van der Waals surface area contributed by atoms with E-state index in [1.165, 1.54) is 11.8 Å². The average molecular weight is 324 g/mol. The van der Waals surface area contributed by atoms with Crippen molar-refractivity contribution in [2.45, 2.75) is 0 Å². The number of anilines is 1. The Hall–Kier alpha value is -3.19. The van der Waals surface area contributed by atoms with Gasteiger partial charge < -0.3 is 15.8 Å². The Morgan fingerprint density at radius 2 is 2.00 bits per heavy atom. The highest BCUT2D eigenvalue weighted by atomic mass is 16.5. The Bertz CT molecular complexity index is 917. The molecule has 7 nitrogen and oxygen atoms in total. The van der Waals surface area contributed by atoms with Crippen molar-refractivity contribution in [3.63, 3.8) is 0 Å². The quantitative estimate of drug-likeness (QED) is 0.768. The number of methoxy groups -OCH3 is 1. The number of para-hydroxylation sites is 1. The Labute approximate surface area is 138 Å². The van der Waals surface area contributed by atoms with Crippen LogP contribution in [-0.4, -0.2) is 35.4 Å². The first-order valence-corrected chi connectivity index (χ1v) is 7.27. The lowest BCUT2D eigenvalue weighted by atomic mass is 10.1. The monoisotopic (exact) mass is 324 g/mol. The van der Waals surface area contributed by atoms with Gasteiger partial charge in [0.15, 0.2) is 0 Å². The maximum Gasteiger partial charge on any atom is 0.340 e. The van der Waals surface area contributed by atoms with Gasteiger partial charge in [-0.25, -0.2) is 4.79 Å². The van der Waals surface area contributed by atoms with Crippen LogP contribution in [0.4, 0.5) is 10.5 Å². The molecular formula is C17H16N4O3. The molecule has 1 aromatic heterocycles. The summed E-state index contributed by atoms with van der Waals surface area (Å²) < 4.78 is 5.97. The molecule has 0 fully saturated rings. The largest absolute Gasteiger partial charge is 0.375 e. The van der Waals surface area contributed by atoms with Gasteiger partial charge in [0.05, 0.1) is 5.52 Å². The number of hydrogen-bond donors (Lipinski definition) is 2. The van der Waals surface area contributed by atoms with Crippen molar-refractivity contribution in [2.75, 3.05) is 19.0 Å². The molecule has 2 amide bonds. The summed E-state index contributed by atoms with van der Waals surface area (Å²) in [7, 11) is 1.46. The molecule has 1 heterocycles. The van der Waals surface area contributed by atoms with Gasteiger partial charge in [-0.2, -0.15) is 9.78 Å². The first-order valence-electron chi connectivity index (χ1n) is 7.27. The molecule has 0 atom stereocenters. The topological polar surface area (TPSA) is 99.2 Å². The van der Waals surface area contributed by atoms with Crippen LogP contribution in [0.5, 0.6) is 0 Å². The number of benzene rings is 2. The molecule has 0 spiro atoms. The second-order valence-electron chi connectivity index (χ2n) is 5.18. The molecule has 3 rings (SSSR count). The van der Waals surface area contributed by atoms with E-state index in [0.717, 1.165) is 10.9 Å². The third kappa shape index (κ3) is 2.97. The number of nitrogens with one attached hydrogen (secondary N) is 1. The molecule has 0 aliphatic carbocycles. The zero-order valence-electron chi connectivity index (χ0n) is 13.0. The molecule has 3 N–H and O–H groups in total. The maximum atomic E-state index is 11.6. The molecule has 0 bridgehead atoms. The highest BCUT2D eigenvalue weighted by Gasteiger charge is 2.15. The predicted molar refractivity (Wildman–Crippen MR) is 90.7 cm³/mol. The minimum atomic E-state index is -0.651. The summed E-state index contributed by atoms with van der Waals surface area (Å²) in [6.45, 7) is -0.0243. The summed E-state index contributed by atoms with van der Waals surface area (Å²) in [5.74, 6) is -0.248. The molecule has 3 aromatic rings. The minimum absolute atomic E-state index is 0.0243. The number of rotatable bonds is 4. The van der Waals surface area contributed by atoms with E-state index >= 15 is 0 Å². The maximum absolute atomic E-state index is 11.6. The highest BCUT2D eigenvalue weighted by molar-refractivity contribution is 5.99. The zero-order chi connectivity index (χ0) is 17.1. The number of nitrogens with zero attached hydrogens (tertiary/aromatic N) is 2. The SMILES string of the molecule is COCC(=O)Nc1cccc(-c2nn(C(N)=O)c3ccccc23)c1. The molecule has 7 heteroatoms. The van der Waals surface area contributed by atoms with Gasteiger partial charge in [0.2, 0.25) is 5.91 Å². The van der Waals surface area contributed by atoms with Crippen molar-refractivity contribution in [2.24, 2.45) is 5.73 Å². The highest BCUT2D eigenvalue weighted by Crippen LogP contribution is 2.29. The van der Waals surface area contributed by atoms with Crippen LogP contribution in [0.1, 0.15) is 0 Å². The Morgan fingerprint density at radius 1 is 1.21 bits per heavy atom. The summed E-state index contributed by atoms with van der Waals surface area (Å²) in [5.41, 5.74) is 8.03. The number of carbonyl (C=O) groups is 2. The van der Waals surface area contributed by atoms with Crippen LogP contribution in [0, 0.1) is 0 Å². The standard InChI is InChI=1S/C17H16N4O3/c1-24-10-15(22)19-12-6-4-5-11(9-12)16-13-7-2-3-8-14(13)21(20-16)17(18)23/h2-9H,10H2,1H3,(H2,18,23)(H,19,22). The van der Waals surface area contributed by atoms with Crippen LogP contribution < -0.4 is 11.1 Å². The fourth-order valence-corrected chi connectivity index (χ4v) is 2.52. The van der Waals surface area contributed by atoms with E-state index < -0.39 is 6.03 Å². The van der Waals surface area contributed by atoms with E-state index in [9.17, 15) is 9.59 Å². The Balaban J connectivity index is 2.05. The number of carbonyl (C=O) groups excluding carboxylic acids is 2. The second-order valence-corrected chi connectivity index (χ2v) is 5.18. The molecular weight excluding hydrogens is 308 g/mol. The molecule has 0 aliphatic rings. The minimum Gasteiger partial charge on any atom is -0.375 e. The van der Waals surface area contributed by atoms with Gasteiger partial charge in [-0.05, 0) is 18.2 Å². The zero-order valence-corrected chi connectivity index (χ0v) is 13.0. The number of amides is 2. The van der Waals surface area contributed by atoms with E-state index in [1.54, 1.807) is 24.3 Å². The molecule has 0 saturated heterocycles. The van der Waals surface area contributed by atoms with Gasteiger partial charge in [-0.3, -0.25) is 4.79 Å². The average Bonchev–Trinajstić information content (AvgIpc) is 2.95. The second kappa shape index (κ2) is 6.51. The van der Waals surface area contributed by atoms with Gasteiger partial charge in [0.1, 0.15) is 12.3 Å². The molecule has 0 unspecified atom stereocenters. The molecule has 0 radical (unpaired) electrons. The van der Waals surface area contributed by atoms with Gasteiger partial charge in [0, 0.05) is 23.7 Å². The lowest BCUT2D eigenvalue weighted by molar-refractivity contribution is -0.119. The summed E-state index contributed by atoms with van der Waals surface area (Å²) in [4.78, 5) is 23.2. The molecule has 2 aromatic carbocycles. The van der Waals surface area contributed by atoms with Crippen molar-refractivity contribution < 1.29 is 14.3 Å². The number of hydrogen-bond acceptors (Lipinski definition) is 4. The van der Waals surface area contributed by atoms with Gasteiger partial charge in [0.25, 0.3) is 0 Å². The van der Waals surface area contributed by atoms with Crippen molar-refractivity contribution in [1.82, 2.24) is 9.78 Å². The fraction of sp³-hybridized carbons (Fsp3) is 0.118. The first kappa shape index (κ1) is 15.7. The third-order valence-electron chi connectivity index (χ3n) is 3.49. The predicted octanol–water partition coefficient (Wildman–Crippen LogP) is 2.21. The van der Waals surface area contributed by atoms with Crippen LogP contribution >= 0.6 is 0 Å². The summed E-state index contributed by atoms with van der Waals surface area (Å²) in [5, 5.41) is 7.86. The number of primary amides is 1. The summed E-state index contributed by atoms with van der Waals surface area (Å²) in [6.07, 6.45) is 0. The van der Waals surface area contributed by atoms with E-state index in [4.69, 9.17) is 10.5 Å². The normalized spacial score (nSPS) is 10.7. The smallest absolute Gasteiger partial charge is 0.340 e. The summed E-state index contributed by atoms with van der Waals surface area (Å²) >= 11 is 0. The van der Waals surface area contributed by atoms with Crippen LogP contribution in [-0.2, 0) is 9.53 Å². The lowest BCUT2D eigenvalue weighted by Crippen LogP contribution is -2.20. The number of ether oxygens (including phenoxy) is 1. The van der Waals surface area contributed by atoms with Crippen molar-refractivity contribution >= 4 is 28.5 Å². The number of aromatic nitrogens is 2. The number of nitrogens with two attached hydrogens (primary N) is 1. The van der Waals surface area contributed by atoms with Crippen LogP contribution in [0.3, 0.4) is 0 Å². The fourth-order valence-electron chi connectivity index (χ4n) is 2.52. The van der Waals surface area contributed by atoms with E-state index in [-0.39, 0.29) is 12.5 Å². The molecule has 122 valence electrons. The van der Waals surface area contributed by atoms with Gasteiger partial charge in [-0.1, -0.05) is 30.3 Å². The van der Waals surface area contributed by atoms with Crippen LogP contribution in [0.2, 0.25) is 0 Å². The molecule has 0 saturated carbocycles. The Morgan fingerprint density at radius 3 is 2.75 bits per heavy atom. The van der Waals surface area contributed by atoms with E-state index in [0.29, 0.717) is 16.9 Å². The van der Waals surface area contributed by atoms with Crippen molar-refractivity contribution in [1.29, 1.82) is 0 Å². The third-order valence-corrected chi connectivity index (χ3v) is 3.49. The van der Waals surface area contributed by atoms with Gasteiger partial charge in [-0.15, -0.1) is 0 Å². The van der Waals surface area contributed by atoms with Crippen molar-refractivity contribution in [3.05, 3.63) is 48.5 Å². The summed E-state index contributed by atoms with van der Waals surface area (Å²) in [6, 6.07) is 13.9. The molecule has 0 aliphatic heterocycles. The van der Waals surface area contributed by atoms with Crippen LogP contribution in [0.25, 0.3) is 22.2 Å². The Kier molecular flexibility index (Phi) is 4.26. The van der Waals surface area contributed by atoms with E-state index in [2.05, 4.69) is 10.4 Å². The first-order chi connectivity index (χ1) is 11.6.